The van der Waals surface area contributed by atoms with Gasteiger partial charge in [0.2, 0.25) is 5.90 Å². The Bertz CT molecular complexity index is 758. The second kappa shape index (κ2) is 6.69. The van der Waals surface area contributed by atoms with E-state index in [2.05, 4.69) is 0 Å². The van der Waals surface area contributed by atoms with Crippen LogP contribution in [0, 0.1) is 5.41 Å². The van der Waals surface area contributed by atoms with Crippen LogP contribution >= 0.6 is 0 Å². The molecule has 0 spiro atoms. The van der Waals surface area contributed by atoms with Crippen LogP contribution in [0.5, 0.6) is 23.0 Å². The molecule has 0 radical (unpaired) electrons. The fourth-order valence-electron chi connectivity index (χ4n) is 1.94. The number of primary amides is 1. The molecule has 0 aliphatic carbocycles. The number of carbonyl (C=O) groups excluding carboxylic acids is 1. The third kappa shape index (κ3) is 3.52. The van der Waals surface area contributed by atoms with Gasteiger partial charge in [0.05, 0.1) is 25.3 Å². The molecule has 23 heavy (non-hydrogen) atoms. The van der Waals surface area contributed by atoms with Crippen molar-refractivity contribution in [3.63, 3.8) is 0 Å². The van der Waals surface area contributed by atoms with E-state index in [9.17, 15) is 9.90 Å². The Kier molecular flexibility index (Phi) is 4.70. The van der Waals surface area contributed by atoms with Crippen molar-refractivity contribution < 1.29 is 24.1 Å². The first-order valence-corrected chi connectivity index (χ1v) is 6.58. The van der Waals surface area contributed by atoms with Gasteiger partial charge in [0.1, 0.15) is 23.0 Å². The summed E-state index contributed by atoms with van der Waals surface area (Å²) in [6, 6.07) is 8.89. The number of aromatic hydroxyl groups is 1. The molecule has 0 saturated carbocycles. The molecule has 0 aromatic heterocycles. The number of phenols is 1. The number of carbonyl (C=O) groups is 1. The monoisotopic (exact) mass is 316 g/mol. The van der Waals surface area contributed by atoms with Crippen LogP contribution in [0.2, 0.25) is 0 Å². The van der Waals surface area contributed by atoms with Gasteiger partial charge in [-0.25, -0.2) is 0 Å². The van der Waals surface area contributed by atoms with Gasteiger partial charge >= 0.3 is 0 Å². The predicted molar refractivity (Wildman–Crippen MR) is 83.6 cm³/mol. The summed E-state index contributed by atoms with van der Waals surface area (Å²) in [5.41, 5.74) is 5.50. The topological polar surface area (TPSA) is 115 Å². The lowest BCUT2D eigenvalue weighted by molar-refractivity contribution is 0.0998. The van der Waals surface area contributed by atoms with Gasteiger partial charge in [-0.1, -0.05) is 0 Å². The summed E-state index contributed by atoms with van der Waals surface area (Å²) in [4.78, 5) is 11.1. The van der Waals surface area contributed by atoms with Gasteiger partial charge in [-0.15, -0.1) is 0 Å². The first-order chi connectivity index (χ1) is 11.0. The van der Waals surface area contributed by atoms with E-state index < -0.39 is 5.91 Å². The minimum Gasteiger partial charge on any atom is -0.507 e. The molecule has 0 fully saturated rings. The van der Waals surface area contributed by atoms with Gasteiger partial charge in [0.25, 0.3) is 5.91 Å². The van der Waals surface area contributed by atoms with E-state index in [4.69, 9.17) is 25.4 Å². The molecule has 0 saturated heterocycles. The summed E-state index contributed by atoms with van der Waals surface area (Å²) >= 11 is 0. The van der Waals surface area contributed by atoms with Gasteiger partial charge in [-0.2, -0.15) is 0 Å². The van der Waals surface area contributed by atoms with Crippen molar-refractivity contribution in [2.24, 2.45) is 5.73 Å². The highest BCUT2D eigenvalue weighted by Crippen LogP contribution is 2.27. The third-order valence-corrected chi connectivity index (χ3v) is 3.11. The summed E-state index contributed by atoms with van der Waals surface area (Å²) in [7, 11) is 3.00. The SMILES string of the molecule is COc1ccc(C(=N)Oc2ccc(C(N)=O)c(O)c2)c(OC)c1. The Balaban J connectivity index is 2.25. The van der Waals surface area contributed by atoms with Crippen LogP contribution < -0.4 is 19.9 Å². The molecule has 0 aliphatic heterocycles. The Hall–Kier alpha value is -3.22. The molecule has 1 amide bonds. The average Bonchev–Trinajstić information content (AvgIpc) is 2.53. The number of methoxy groups -OCH3 is 2. The Labute approximate surface area is 132 Å². The zero-order valence-corrected chi connectivity index (χ0v) is 12.6. The number of ether oxygens (including phenoxy) is 3. The fraction of sp³-hybridized carbons (Fsp3) is 0.125. The summed E-state index contributed by atoms with van der Waals surface area (Å²) in [5.74, 6) is -0.0641. The lowest BCUT2D eigenvalue weighted by Gasteiger charge is -2.12. The molecule has 7 nitrogen and oxygen atoms in total. The molecule has 2 rings (SSSR count). The van der Waals surface area contributed by atoms with Crippen molar-refractivity contribution in [1.29, 1.82) is 5.41 Å². The lowest BCUT2D eigenvalue weighted by atomic mass is 10.1. The van der Waals surface area contributed by atoms with Gasteiger partial charge < -0.3 is 25.1 Å². The maximum absolute atomic E-state index is 11.1. The highest BCUT2D eigenvalue weighted by Gasteiger charge is 2.14. The Morgan fingerprint density at radius 3 is 2.26 bits per heavy atom. The van der Waals surface area contributed by atoms with E-state index in [0.29, 0.717) is 17.1 Å². The van der Waals surface area contributed by atoms with Crippen LogP contribution in [-0.4, -0.2) is 31.1 Å². The number of nitrogens with two attached hydrogens (primary N) is 1. The minimum atomic E-state index is -0.749. The molecule has 2 aromatic carbocycles. The molecular formula is C16H16N2O5. The highest BCUT2D eigenvalue weighted by molar-refractivity contribution is 5.97. The molecule has 0 aliphatic rings. The summed E-state index contributed by atoms with van der Waals surface area (Å²) in [6.07, 6.45) is 0. The molecular weight excluding hydrogens is 300 g/mol. The van der Waals surface area contributed by atoms with Crippen LogP contribution in [-0.2, 0) is 0 Å². The quantitative estimate of drug-likeness (QED) is 0.576. The number of hydrogen-bond acceptors (Lipinski definition) is 6. The van der Waals surface area contributed by atoms with Crippen LogP contribution in [0.3, 0.4) is 0 Å². The minimum absolute atomic E-state index is 0.0223. The average molecular weight is 316 g/mol. The summed E-state index contributed by atoms with van der Waals surface area (Å²) in [6.45, 7) is 0. The first kappa shape index (κ1) is 16.2. The molecule has 4 N–H and O–H groups in total. The van der Waals surface area contributed by atoms with E-state index in [-0.39, 0.29) is 23.0 Å². The second-order valence-electron chi connectivity index (χ2n) is 4.54. The fourth-order valence-corrected chi connectivity index (χ4v) is 1.94. The first-order valence-electron chi connectivity index (χ1n) is 6.58. The van der Waals surface area contributed by atoms with Gasteiger partial charge in [-0.3, -0.25) is 10.2 Å². The number of hydrogen-bond donors (Lipinski definition) is 3. The van der Waals surface area contributed by atoms with E-state index in [1.807, 2.05) is 0 Å². The zero-order chi connectivity index (χ0) is 17.0. The summed E-state index contributed by atoms with van der Waals surface area (Å²) < 4.78 is 15.7. The van der Waals surface area contributed by atoms with E-state index >= 15 is 0 Å². The van der Waals surface area contributed by atoms with Crippen LogP contribution in [0.1, 0.15) is 15.9 Å². The number of benzene rings is 2. The molecule has 0 atom stereocenters. The summed E-state index contributed by atoms with van der Waals surface area (Å²) in [5, 5.41) is 17.8. The molecule has 0 unspecified atom stereocenters. The van der Waals surface area contributed by atoms with Crippen LogP contribution in [0.15, 0.2) is 36.4 Å². The van der Waals surface area contributed by atoms with Crippen molar-refractivity contribution >= 4 is 11.8 Å². The Morgan fingerprint density at radius 2 is 1.70 bits per heavy atom. The maximum atomic E-state index is 11.1. The number of amides is 1. The van der Waals surface area contributed by atoms with Gasteiger partial charge in [0.15, 0.2) is 0 Å². The van der Waals surface area contributed by atoms with Crippen molar-refractivity contribution in [3.8, 4) is 23.0 Å². The van der Waals surface area contributed by atoms with Crippen molar-refractivity contribution in [1.82, 2.24) is 0 Å². The van der Waals surface area contributed by atoms with Crippen molar-refractivity contribution in [3.05, 3.63) is 47.5 Å². The smallest absolute Gasteiger partial charge is 0.252 e. The zero-order valence-electron chi connectivity index (χ0n) is 12.6. The maximum Gasteiger partial charge on any atom is 0.252 e. The molecule has 2 aromatic rings. The highest BCUT2D eigenvalue weighted by atomic mass is 16.5. The third-order valence-electron chi connectivity index (χ3n) is 3.11. The number of nitrogens with one attached hydrogen (secondary N) is 1. The van der Waals surface area contributed by atoms with Gasteiger partial charge in [0, 0.05) is 12.1 Å². The molecule has 0 heterocycles. The standard InChI is InChI=1S/C16H16N2O5/c1-21-9-3-6-12(14(8-9)22-2)16(18)23-10-4-5-11(15(17)20)13(19)7-10/h3-8,18-19H,1-2H3,(H2,17,20). The van der Waals surface area contributed by atoms with Gasteiger partial charge in [-0.05, 0) is 24.3 Å². The molecule has 7 heteroatoms. The van der Waals surface area contributed by atoms with E-state index in [0.717, 1.165) is 0 Å². The normalized spacial score (nSPS) is 10.0. The van der Waals surface area contributed by atoms with Crippen LogP contribution in [0.25, 0.3) is 0 Å². The van der Waals surface area contributed by atoms with Crippen molar-refractivity contribution in [2.45, 2.75) is 0 Å². The predicted octanol–water partition coefficient (Wildman–Crippen LogP) is 1.91. The molecule has 120 valence electrons. The second-order valence-corrected chi connectivity index (χ2v) is 4.54. The van der Waals surface area contributed by atoms with E-state index in [1.54, 1.807) is 18.2 Å². The largest absolute Gasteiger partial charge is 0.507 e. The van der Waals surface area contributed by atoms with Crippen LogP contribution in [0.4, 0.5) is 0 Å². The number of rotatable bonds is 5. The molecule has 0 bridgehead atoms. The Morgan fingerprint density at radius 1 is 1.04 bits per heavy atom. The van der Waals surface area contributed by atoms with Crippen molar-refractivity contribution in [2.75, 3.05) is 14.2 Å². The van der Waals surface area contributed by atoms with E-state index in [1.165, 1.54) is 32.4 Å². The lowest BCUT2D eigenvalue weighted by Crippen LogP contribution is -2.12.